The number of hydrogen-bond donors (Lipinski definition) is 1. The van der Waals surface area contributed by atoms with Gasteiger partial charge >= 0.3 is 7.60 Å². The number of aliphatic hydroxyl groups excluding tert-OH is 1. The van der Waals surface area contributed by atoms with E-state index < -0.39 is 13.7 Å². The highest BCUT2D eigenvalue weighted by Gasteiger charge is 2.41. The van der Waals surface area contributed by atoms with Gasteiger partial charge in [0.15, 0.2) is 0 Å². The van der Waals surface area contributed by atoms with Gasteiger partial charge in [0.05, 0.1) is 18.3 Å². The second-order valence-electron chi connectivity index (χ2n) is 3.52. The quantitative estimate of drug-likeness (QED) is 0.584. The number of rotatable bonds is 0. The highest BCUT2D eigenvalue weighted by molar-refractivity contribution is 7.53. The largest absolute Gasteiger partial charge is 0.390 e. The Bertz CT molecular complexity index is 229. The zero-order valence-corrected chi connectivity index (χ0v) is 7.87. The van der Waals surface area contributed by atoms with E-state index in [9.17, 15) is 9.67 Å². The molecular formula is C7H13O4P. The van der Waals surface area contributed by atoms with E-state index in [1.54, 1.807) is 0 Å². The molecule has 2 saturated heterocycles. The second kappa shape index (κ2) is 2.81. The average molecular weight is 192 g/mol. The lowest BCUT2D eigenvalue weighted by molar-refractivity contribution is 0.00583. The van der Waals surface area contributed by atoms with Gasteiger partial charge < -0.3 is 14.2 Å². The molecular weight excluding hydrogens is 179 g/mol. The van der Waals surface area contributed by atoms with E-state index in [4.69, 9.17) is 9.05 Å². The van der Waals surface area contributed by atoms with E-state index in [0.717, 1.165) is 12.8 Å². The molecule has 1 aliphatic carbocycles. The molecule has 2 bridgehead atoms. The summed E-state index contributed by atoms with van der Waals surface area (Å²) in [6, 6.07) is 0. The normalized spacial score (nSPS) is 53.7. The molecule has 0 radical (unpaired) electrons. The summed E-state index contributed by atoms with van der Waals surface area (Å²) in [7, 11) is -2.88. The standard InChI is InChI=1S/C7H13O4P/c1-12(9)10-5-2-3-7(11-12)6(8)4-5/h5-8H,2-4H2,1H3. The predicted molar refractivity (Wildman–Crippen MR) is 43.1 cm³/mol. The van der Waals surface area contributed by atoms with Crippen LogP contribution >= 0.6 is 7.60 Å². The summed E-state index contributed by atoms with van der Waals surface area (Å²) in [5.74, 6) is 0. The molecule has 3 aliphatic rings. The predicted octanol–water partition coefficient (Wildman–Crippen LogP) is 1.14. The molecule has 2 aliphatic heterocycles. The maximum absolute atomic E-state index is 11.5. The first kappa shape index (κ1) is 8.70. The van der Waals surface area contributed by atoms with Gasteiger partial charge in [-0.05, 0) is 12.8 Å². The summed E-state index contributed by atoms with van der Waals surface area (Å²) in [5, 5.41) is 9.49. The first-order valence-electron chi connectivity index (χ1n) is 4.19. The van der Waals surface area contributed by atoms with Gasteiger partial charge in [-0.2, -0.15) is 0 Å². The van der Waals surface area contributed by atoms with Gasteiger partial charge in [0, 0.05) is 13.1 Å². The van der Waals surface area contributed by atoms with Crippen LogP contribution in [0, 0.1) is 0 Å². The van der Waals surface area contributed by atoms with Crippen molar-refractivity contribution in [2.45, 2.75) is 37.6 Å². The first-order chi connectivity index (χ1) is 5.57. The zero-order valence-electron chi connectivity index (χ0n) is 6.97. The van der Waals surface area contributed by atoms with Crippen molar-refractivity contribution >= 4 is 7.60 Å². The van der Waals surface area contributed by atoms with Crippen molar-refractivity contribution in [1.82, 2.24) is 0 Å². The van der Waals surface area contributed by atoms with Crippen molar-refractivity contribution in [1.29, 1.82) is 0 Å². The third kappa shape index (κ3) is 1.57. The van der Waals surface area contributed by atoms with E-state index in [1.165, 1.54) is 6.66 Å². The van der Waals surface area contributed by atoms with Crippen LogP contribution in [0.4, 0.5) is 0 Å². The topological polar surface area (TPSA) is 55.8 Å². The summed E-state index contributed by atoms with van der Waals surface area (Å²) in [6.07, 6.45) is 1.31. The van der Waals surface area contributed by atoms with E-state index in [0.29, 0.717) is 6.42 Å². The molecule has 4 atom stereocenters. The SMILES string of the molecule is CP1(=O)OC2CCC(O1)C(O)C2. The van der Waals surface area contributed by atoms with Crippen molar-refractivity contribution in [3.05, 3.63) is 0 Å². The zero-order chi connectivity index (χ0) is 8.77. The van der Waals surface area contributed by atoms with Crippen LogP contribution in [-0.4, -0.2) is 30.1 Å². The lowest BCUT2D eigenvalue weighted by Crippen LogP contribution is -2.34. The van der Waals surface area contributed by atoms with Gasteiger partial charge in [-0.15, -0.1) is 0 Å². The Morgan fingerprint density at radius 3 is 2.83 bits per heavy atom. The Hall–Kier alpha value is 0.110. The Morgan fingerprint density at radius 1 is 1.42 bits per heavy atom. The average Bonchev–Trinajstić information content (AvgIpc) is 2.12. The fourth-order valence-electron chi connectivity index (χ4n) is 1.84. The van der Waals surface area contributed by atoms with Gasteiger partial charge in [0.25, 0.3) is 0 Å². The van der Waals surface area contributed by atoms with Gasteiger partial charge in [0.2, 0.25) is 0 Å². The maximum Gasteiger partial charge on any atom is 0.328 e. The van der Waals surface area contributed by atoms with Crippen LogP contribution in [0.1, 0.15) is 19.3 Å². The Labute approximate surface area is 71.4 Å². The van der Waals surface area contributed by atoms with Crippen LogP contribution < -0.4 is 0 Å². The van der Waals surface area contributed by atoms with Crippen LogP contribution in [0.2, 0.25) is 0 Å². The van der Waals surface area contributed by atoms with Gasteiger partial charge in [0.1, 0.15) is 0 Å². The van der Waals surface area contributed by atoms with E-state index in [2.05, 4.69) is 0 Å². The van der Waals surface area contributed by atoms with Crippen molar-refractivity contribution in [2.24, 2.45) is 0 Å². The molecule has 2 heterocycles. The van der Waals surface area contributed by atoms with Crippen molar-refractivity contribution in [3.63, 3.8) is 0 Å². The number of aliphatic hydroxyl groups is 1. The van der Waals surface area contributed by atoms with Crippen LogP contribution in [0.5, 0.6) is 0 Å². The molecule has 1 N–H and O–H groups in total. The van der Waals surface area contributed by atoms with Gasteiger partial charge in [-0.25, -0.2) is 0 Å². The minimum atomic E-state index is -2.88. The smallest absolute Gasteiger partial charge is 0.328 e. The van der Waals surface area contributed by atoms with E-state index >= 15 is 0 Å². The van der Waals surface area contributed by atoms with Crippen LogP contribution in [-0.2, 0) is 13.6 Å². The molecule has 0 aromatic rings. The molecule has 3 fully saturated rings. The van der Waals surface area contributed by atoms with Crippen LogP contribution in [0.3, 0.4) is 0 Å². The fraction of sp³-hybridized carbons (Fsp3) is 1.00. The van der Waals surface area contributed by atoms with Gasteiger partial charge in [-0.1, -0.05) is 0 Å². The van der Waals surface area contributed by atoms with Crippen molar-refractivity contribution in [2.75, 3.05) is 6.66 Å². The monoisotopic (exact) mass is 192 g/mol. The molecule has 0 aromatic carbocycles. The summed E-state index contributed by atoms with van der Waals surface area (Å²) >= 11 is 0. The molecule has 4 nitrogen and oxygen atoms in total. The maximum atomic E-state index is 11.5. The molecule has 70 valence electrons. The molecule has 0 spiro atoms. The molecule has 1 saturated carbocycles. The summed E-state index contributed by atoms with van der Waals surface area (Å²) in [5.41, 5.74) is 0. The minimum absolute atomic E-state index is 0.0745. The Kier molecular flexibility index (Phi) is 2.04. The number of hydrogen-bond acceptors (Lipinski definition) is 4. The minimum Gasteiger partial charge on any atom is -0.390 e. The molecule has 5 heteroatoms. The third-order valence-corrected chi connectivity index (χ3v) is 3.71. The van der Waals surface area contributed by atoms with E-state index in [-0.39, 0.29) is 12.2 Å². The highest BCUT2D eigenvalue weighted by Crippen LogP contribution is 2.53. The summed E-state index contributed by atoms with van der Waals surface area (Å²) in [4.78, 5) is 0. The summed E-state index contributed by atoms with van der Waals surface area (Å²) < 4.78 is 21.9. The van der Waals surface area contributed by atoms with Crippen LogP contribution in [0.15, 0.2) is 0 Å². The lowest BCUT2D eigenvalue weighted by atomic mass is 9.93. The summed E-state index contributed by atoms with van der Waals surface area (Å²) in [6.45, 7) is 1.47. The molecule has 0 amide bonds. The molecule has 4 unspecified atom stereocenters. The Balaban J connectivity index is 2.22. The molecule has 12 heavy (non-hydrogen) atoms. The van der Waals surface area contributed by atoms with E-state index in [1.807, 2.05) is 0 Å². The van der Waals surface area contributed by atoms with Gasteiger partial charge in [-0.3, -0.25) is 4.57 Å². The Morgan fingerprint density at radius 2 is 2.17 bits per heavy atom. The fourth-order valence-corrected chi connectivity index (χ4v) is 3.36. The third-order valence-electron chi connectivity index (χ3n) is 2.37. The first-order valence-corrected chi connectivity index (χ1v) is 6.18. The molecule has 3 rings (SSSR count). The van der Waals surface area contributed by atoms with Crippen molar-refractivity contribution < 1.29 is 18.7 Å². The molecule has 0 aromatic heterocycles. The highest BCUT2D eigenvalue weighted by atomic mass is 31.2. The number of fused-ring (bicyclic) bond motifs is 4. The second-order valence-corrected chi connectivity index (χ2v) is 5.49. The lowest BCUT2D eigenvalue weighted by Gasteiger charge is -2.25. The van der Waals surface area contributed by atoms with Crippen LogP contribution in [0.25, 0.3) is 0 Å². The van der Waals surface area contributed by atoms with Crippen molar-refractivity contribution in [3.8, 4) is 0 Å².